The number of nitrogens with one attached hydrogen (secondary N) is 1. The van der Waals surface area contributed by atoms with Gasteiger partial charge < -0.3 is 11.1 Å². The first kappa shape index (κ1) is 15.8. The number of hydrogen-bond donors (Lipinski definition) is 2. The van der Waals surface area contributed by atoms with E-state index in [0.717, 1.165) is 18.5 Å². The second kappa shape index (κ2) is 6.91. The van der Waals surface area contributed by atoms with E-state index in [4.69, 9.17) is 5.73 Å². The van der Waals surface area contributed by atoms with E-state index in [9.17, 15) is 8.42 Å². The van der Waals surface area contributed by atoms with Crippen LogP contribution in [0.3, 0.4) is 0 Å². The molecule has 6 nitrogen and oxygen atoms in total. The number of aliphatic imine (C=N–C) groups is 1. The predicted octanol–water partition coefficient (Wildman–Crippen LogP) is 1.08. The summed E-state index contributed by atoms with van der Waals surface area (Å²) < 4.78 is 24.4. The maximum Gasteiger partial charge on any atom is 0.211 e. The maximum atomic E-state index is 11.4. The Morgan fingerprint density at radius 1 is 1.33 bits per heavy atom. The third kappa shape index (κ3) is 5.02. The van der Waals surface area contributed by atoms with Crippen molar-refractivity contribution >= 4 is 21.7 Å². The van der Waals surface area contributed by atoms with Gasteiger partial charge >= 0.3 is 0 Å². The summed E-state index contributed by atoms with van der Waals surface area (Å²) in [7, 11) is -3.06. The van der Waals surface area contributed by atoms with E-state index in [1.165, 1.54) is 10.6 Å². The van der Waals surface area contributed by atoms with Crippen molar-refractivity contribution in [3.05, 3.63) is 30.3 Å². The van der Waals surface area contributed by atoms with Gasteiger partial charge in [-0.2, -0.15) is 0 Å². The Balaban J connectivity index is 1.80. The second-order valence-corrected chi connectivity index (χ2v) is 7.30. The summed E-state index contributed by atoms with van der Waals surface area (Å²) in [5.41, 5.74) is 6.76. The monoisotopic (exact) mass is 310 g/mol. The summed E-state index contributed by atoms with van der Waals surface area (Å²) in [6.07, 6.45) is 2.91. The summed E-state index contributed by atoms with van der Waals surface area (Å²) in [5.74, 6) is 0.783. The molecule has 0 amide bonds. The molecule has 0 aliphatic carbocycles. The van der Waals surface area contributed by atoms with Crippen LogP contribution in [0.2, 0.25) is 0 Å². The Labute approximate surface area is 126 Å². The summed E-state index contributed by atoms with van der Waals surface area (Å²) in [6.45, 7) is 1.78. The molecule has 2 rings (SSSR count). The van der Waals surface area contributed by atoms with Crippen molar-refractivity contribution in [3.63, 3.8) is 0 Å². The normalized spacial score (nSPS) is 18.6. The highest BCUT2D eigenvalue weighted by atomic mass is 32.2. The highest BCUT2D eigenvalue weighted by molar-refractivity contribution is 7.88. The molecular weight excluding hydrogens is 288 g/mol. The molecule has 1 aliphatic rings. The Hall–Kier alpha value is -1.60. The van der Waals surface area contributed by atoms with E-state index >= 15 is 0 Å². The van der Waals surface area contributed by atoms with E-state index in [1.807, 2.05) is 30.3 Å². The molecular formula is C14H22N4O2S. The molecule has 0 radical (unpaired) electrons. The molecule has 3 N–H and O–H groups in total. The number of para-hydroxylation sites is 1. The summed E-state index contributed by atoms with van der Waals surface area (Å²) >= 11 is 0. The summed E-state index contributed by atoms with van der Waals surface area (Å²) in [5, 5.41) is 3.04. The minimum absolute atomic E-state index is 0.388. The van der Waals surface area contributed by atoms with Crippen molar-refractivity contribution in [2.24, 2.45) is 16.6 Å². The standard InChI is InChI=1S/C14H22N4O2S/c1-21(19,20)18-9-7-12(8-10-18)11-16-14(15)17-13-5-3-2-4-6-13/h2-6,12H,7-11H2,1H3,(H3,15,16,17). The van der Waals surface area contributed by atoms with Gasteiger partial charge in [-0.25, -0.2) is 12.7 Å². The van der Waals surface area contributed by atoms with Crippen LogP contribution in [0.4, 0.5) is 5.69 Å². The minimum atomic E-state index is -3.06. The zero-order valence-electron chi connectivity index (χ0n) is 12.2. The Kier molecular flexibility index (Phi) is 5.19. The molecule has 1 heterocycles. The number of nitrogens with zero attached hydrogens (tertiary/aromatic N) is 2. The molecule has 1 fully saturated rings. The van der Waals surface area contributed by atoms with Gasteiger partial charge in [0.15, 0.2) is 5.96 Å². The van der Waals surface area contributed by atoms with Crippen molar-refractivity contribution in [2.75, 3.05) is 31.2 Å². The van der Waals surface area contributed by atoms with Gasteiger partial charge in [0.1, 0.15) is 0 Å². The lowest BCUT2D eigenvalue weighted by atomic mass is 9.98. The number of hydrogen-bond acceptors (Lipinski definition) is 3. The van der Waals surface area contributed by atoms with E-state index in [-0.39, 0.29) is 0 Å². The SMILES string of the molecule is CS(=O)(=O)N1CCC(CN=C(N)Nc2ccccc2)CC1. The first-order valence-corrected chi connectivity index (χ1v) is 8.87. The molecule has 1 aromatic rings. The lowest BCUT2D eigenvalue weighted by molar-refractivity contribution is 0.280. The van der Waals surface area contributed by atoms with Gasteiger partial charge in [0, 0.05) is 25.3 Å². The fourth-order valence-electron chi connectivity index (χ4n) is 2.36. The Morgan fingerprint density at radius 3 is 2.52 bits per heavy atom. The van der Waals surface area contributed by atoms with Crippen molar-refractivity contribution in [1.82, 2.24) is 4.31 Å². The number of sulfonamides is 1. The lowest BCUT2D eigenvalue weighted by Gasteiger charge is -2.29. The van der Waals surface area contributed by atoms with Gasteiger partial charge in [-0.1, -0.05) is 18.2 Å². The highest BCUT2D eigenvalue weighted by Crippen LogP contribution is 2.19. The zero-order chi connectivity index (χ0) is 15.3. The van der Waals surface area contributed by atoms with Crippen LogP contribution < -0.4 is 11.1 Å². The van der Waals surface area contributed by atoms with Gasteiger partial charge in [0.05, 0.1) is 6.26 Å². The van der Waals surface area contributed by atoms with Gasteiger partial charge in [-0.3, -0.25) is 4.99 Å². The molecule has 21 heavy (non-hydrogen) atoms. The van der Waals surface area contributed by atoms with Gasteiger partial charge in [0.25, 0.3) is 0 Å². The second-order valence-electron chi connectivity index (χ2n) is 5.32. The van der Waals surface area contributed by atoms with Crippen LogP contribution in [0.15, 0.2) is 35.3 Å². The molecule has 0 bridgehead atoms. The largest absolute Gasteiger partial charge is 0.370 e. The first-order chi connectivity index (χ1) is 9.95. The third-order valence-corrected chi connectivity index (χ3v) is 4.91. The van der Waals surface area contributed by atoms with Crippen LogP contribution in [0.25, 0.3) is 0 Å². The summed E-state index contributed by atoms with van der Waals surface area (Å²) in [4.78, 5) is 4.35. The van der Waals surface area contributed by atoms with E-state index in [2.05, 4.69) is 10.3 Å². The number of rotatable bonds is 4. The third-order valence-electron chi connectivity index (χ3n) is 3.61. The molecule has 1 saturated heterocycles. The molecule has 0 unspecified atom stereocenters. The summed E-state index contributed by atoms with van der Waals surface area (Å²) in [6, 6.07) is 9.64. The quantitative estimate of drug-likeness (QED) is 0.643. The Bertz CT molecular complexity index is 578. The molecule has 7 heteroatoms. The number of anilines is 1. The average Bonchev–Trinajstić information content (AvgIpc) is 2.46. The minimum Gasteiger partial charge on any atom is -0.370 e. The molecule has 1 aromatic carbocycles. The zero-order valence-corrected chi connectivity index (χ0v) is 13.0. The number of piperidine rings is 1. The van der Waals surface area contributed by atoms with Crippen molar-refractivity contribution in [2.45, 2.75) is 12.8 Å². The molecule has 0 saturated carbocycles. The van der Waals surface area contributed by atoms with Gasteiger partial charge in [-0.15, -0.1) is 0 Å². The van der Waals surface area contributed by atoms with Gasteiger partial charge in [0.2, 0.25) is 10.0 Å². The van der Waals surface area contributed by atoms with Crippen LogP contribution in [0, 0.1) is 5.92 Å². The van der Waals surface area contributed by atoms with Crippen LogP contribution in [0.5, 0.6) is 0 Å². The first-order valence-electron chi connectivity index (χ1n) is 7.02. The number of benzene rings is 1. The van der Waals surface area contributed by atoms with Crippen molar-refractivity contribution in [1.29, 1.82) is 0 Å². The van der Waals surface area contributed by atoms with E-state index < -0.39 is 10.0 Å². The molecule has 1 aliphatic heterocycles. The number of guanidine groups is 1. The fraction of sp³-hybridized carbons (Fsp3) is 0.500. The lowest BCUT2D eigenvalue weighted by Crippen LogP contribution is -2.38. The highest BCUT2D eigenvalue weighted by Gasteiger charge is 2.24. The fourth-order valence-corrected chi connectivity index (χ4v) is 3.23. The van der Waals surface area contributed by atoms with E-state index in [1.54, 1.807) is 0 Å². The maximum absolute atomic E-state index is 11.4. The number of nitrogens with two attached hydrogens (primary N) is 1. The molecule has 0 atom stereocenters. The topological polar surface area (TPSA) is 87.8 Å². The Morgan fingerprint density at radius 2 is 1.95 bits per heavy atom. The molecule has 0 aromatic heterocycles. The van der Waals surface area contributed by atoms with Crippen LogP contribution in [0.1, 0.15) is 12.8 Å². The van der Waals surface area contributed by atoms with Crippen molar-refractivity contribution < 1.29 is 8.42 Å². The van der Waals surface area contributed by atoms with Crippen LogP contribution in [-0.4, -0.2) is 44.6 Å². The smallest absolute Gasteiger partial charge is 0.211 e. The van der Waals surface area contributed by atoms with Crippen LogP contribution in [-0.2, 0) is 10.0 Å². The molecule has 0 spiro atoms. The van der Waals surface area contributed by atoms with Gasteiger partial charge in [-0.05, 0) is 30.9 Å². The van der Waals surface area contributed by atoms with Crippen molar-refractivity contribution in [3.8, 4) is 0 Å². The predicted molar refractivity (Wildman–Crippen MR) is 85.7 cm³/mol. The van der Waals surface area contributed by atoms with E-state index in [0.29, 0.717) is 31.5 Å². The average molecular weight is 310 g/mol. The molecule has 116 valence electrons. The van der Waals surface area contributed by atoms with Crippen LogP contribution >= 0.6 is 0 Å².